The van der Waals surface area contributed by atoms with Crippen LogP contribution in [0.5, 0.6) is 0 Å². The Hall–Kier alpha value is -2.81. The monoisotopic (exact) mass is 339 g/mol. The van der Waals surface area contributed by atoms with Gasteiger partial charge in [-0.25, -0.2) is 17.6 Å². The fourth-order valence-corrected chi connectivity index (χ4v) is 3.27. The van der Waals surface area contributed by atoms with Gasteiger partial charge in [0, 0.05) is 6.20 Å². The van der Waals surface area contributed by atoms with Crippen LogP contribution < -0.4 is 0 Å². The first kappa shape index (κ1) is 16.6. The predicted octanol–water partition coefficient (Wildman–Crippen LogP) is 1.21. The van der Waals surface area contributed by atoms with E-state index >= 15 is 0 Å². The van der Waals surface area contributed by atoms with Crippen LogP contribution in [0.2, 0.25) is 0 Å². The molecular formula is C14H10FNO6S. The topological polar surface area (TPSA) is 121 Å². The summed E-state index contributed by atoms with van der Waals surface area (Å²) in [6.45, 7) is 0. The van der Waals surface area contributed by atoms with E-state index in [9.17, 15) is 27.2 Å². The lowest BCUT2D eigenvalue weighted by atomic mass is 10.1. The molecule has 0 spiro atoms. The molecule has 0 saturated carbocycles. The first-order valence-corrected chi connectivity index (χ1v) is 7.69. The SMILES string of the molecule is O=C(O)C(=O)CC(=O)c1cc[nH]c1S(=O)(=O)c1ccc(F)cc1. The fraction of sp³-hybridized carbons (Fsp3) is 0.0714. The van der Waals surface area contributed by atoms with Crippen LogP contribution >= 0.6 is 0 Å². The molecule has 0 atom stereocenters. The second kappa shape index (κ2) is 6.13. The number of hydrogen-bond donors (Lipinski definition) is 2. The Bertz CT molecular complexity index is 882. The number of halogens is 1. The molecule has 1 aromatic heterocycles. The molecule has 2 N–H and O–H groups in total. The zero-order chi connectivity index (χ0) is 17.2. The zero-order valence-corrected chi connectivity index (χ0v) is 12.3. The number of carbonyl (C=O) groups excluding carboxylic acids is 2. The van der Waals surface area contributed by atoms with Gasteiger partial charge in [0.2, 0.25) is 15.6 Å². The van der Waals surface area contributed by atoms with E-state index in [4.69, 9.17) is 5.11 Å². The molecule has 2 rings (SSSR count). The van der Waals surface area contributed by atoms with Crippen molar-refractivity contribution >= 4 is 27.4 Å². The smallest absolute Gasteiger partial charge is 0.372 e. The third-order valence-corrected chi connectivity index (χ3v) is 4.73. The van der Waals surface area contributed by atoms with Crippen molar-refractivity contribution in [2.75, 3.05) is 0 Å². The van der Waals surface area contributed by atoms with Crippen molar-refractivity contribution < 1.29 is 32.3 Å². The molecule has 0 fully saturated rings. The molecular weight excluding hydrogens is 329 g/mol. The normalized spacial score (nSPS) is 11.2. The number of rotatable bonds is 6. The molecule has 0 unspecified atom stereocenters. The highest BCUT2D eigenvalue weighted by molar-refractivity contribution is 7.91. The molecule has 0 aliphatic carbocycles. The number of aliphatic carboxylic acids is 1. The summed E-state index contributed by atoms with van der Waals surface area (Å²) in [5.74, 6) is -4.70. The van der Waals surface area contributed by atoms with E-state index < -0.39 is 44.6 Å². The molecule has 1 aromatic carbocycles. The summed E-state index contributed by atoms with van der Waals surface area (Å²) >= 11 is 0. The van der Waals surface area contributed by atoms with Gasteiger partial charge < -0.3 is 10.1 Å². The molecule has 2 aromatic rings. The minimum atomic E-state index is -4.15. The molecule has 120 valence electrons. The average molecular weight is 339 g/mol. The lowest BCUT2D eigenvalue weighted by Crippen LogP contribution is -2.18. The fourth-order valence-electron chi connectivity index (χ4n) is 1.84. The van der Waals surface area contributed by atoms with E-state index in [0.29, 0.717) is 0 Å². The van der Waals surface area contributed by atoms with Gasteiger partial charge >= 0.3 is 5.97 Å². The lowest BCUT2D eigenvalue weighted by Gasteiger charge is -2.05. The van der Waals surface area contributed by atoms with Gasteiger partial charge in [0.1, 0.15) is 10.8 Å². The zero-order valence-electron chi connectivity index (χ0n) is 11.4. The number of Topliss-reactive ketones (excluding diaryl/α,β-unsaturated/α-hetero) is 2. The lowest BCUT2D eigenvalue weighted by molar-refractivity contribution is -0.148. The number of nitrogens with one attached hydrogen (secondary N) is 1. The molecule has 23 heavy (non-hydrogen) atoms. The molecule has 9 heteroatoms. The number of hydrogen-bond acceptors (Lipinski definition) is 5. The Kier molecular flexibility index (Phi) is 4.41. The Morgan fingerprint density at radius 3 is 2.26 bits per heavy atom. The standard InChI is InChI=1S/C14H10FNO6S/c15-8-1-3-9(4-2-8)23(21,22)13-10(5-6-16-13)11(17)7-12(18)14(19)20/h1-6,16H,7H2,(H,19,20). The second-order valence-corrected chi connectivity index (χ2v) is 6.39. The van der Waals surface area contributed by atoms with Crippen molar-refractivity contribution in [3.63, 3.8) is 0 Å². The van der Waals surface area contributed by atoms with Crippen LogP contribution in [0.1, 0.15) is 16.8 Å². The summed E-state index contributed by atoms with van der Waals surface area (Å²) in [7, 11) is -4.15. The van der Waals surface area contributed by atoms with Gasteiger partial charge in [0.25, 0.3) is 0 Å². The van der Waals surface area contributed by atoms with Crippen molar-refractivity contribution in [2.24, 2.45) is 0 Å². The minimum absolute atomic E-state index is 0.250. The number of carboxylic acids is 1. The summed E-state index contributed by atoms with van der Waals surface area (Å²) < 4.78 is 37.8. The van der Waals surface area contributed by atoms with E-state index in [2.05, 4.69) is 4.98 Å². The van der Waals surface area contributed by atoms with E-state index in [-0.39, 0.29) is 10.5 Å². The number of ketones is 2. The van der Waals surface area contributed by atoms with E-state index in [1.165, 1.54) is 6.20 Å². The summed E-state index contributed by atoms with van der Waals surface area (Å²) in [4.78, 5) is 35.6. The Balaban J connectivity index is 2.40. The highest BCUT2D eigenvalue weighted by Gasteiger charge is 2.28. The summed E-state index contributed by atoms with van der Waals surface area (Å²) in [6.07, 6.45) is 0.216. The Morgan fingerprint density at radius 2 is 1.70 bits per heavy atom. The van der Waals surface area contributed by atoms with Crippen molar-refractivity contribution in [1.29, 1.82) is 0 Å². The van der Waals surface area contributed by atoms with Gasteiger partial charge in [-0.05, 0) is 30.3 Å². The quantitative estimate of drug-likeness (QED) is 0.353. The van der Waals surface area contributed by atoms with Gasteiger partial charge in [0.05, 0.1) is 16.9 Å². The average Bonchev–Trinajstić information content (AvgIpc) is 2.97. The number of benzene rings is 1. The highest BCUT2D eigenvalue weighted by atomic mass is 32.2. The number of H-pyrrole nitrogens is 1. The van der Waals surface area contributed by atoms with Crippen molar-refractivity contribution in [1.82, 2.24) is 4.98 Å². The van der Waals surface area contributed by atoms with Crippen molar-refractivity contribution in [3.05, 3.63) is 47.9 Å². The number of carbonyl (C=O) groups is 3. The van der Waals surface area contributed by atoms with E-state index in [0.717, 1.165) is 30.3 Å². The number of aromatic amines is 1. The summed E-state index contributed by atoms with van der Waals surface area (Å²) in [6, 6.07) is 5.09. The first-order chi connectivity index (χ1) is 10.7. The van der Waals surface area contributed by atoms with Crippen molar-refractivity contribution in [3.8, 4) is 0 Å². The molecule has 0 radical (unpaired) electrons. The van der Waals surface area contributed by atoms with E-state index in [1.807, 2.05) is 0 Å². The van der Waals surface area contributed by atoms with Gasteiger partial charge in [-0.1, -0.05) is 0 Å². The largest absolute Gasteiger partial charge is 0.475 e. The Morgan fingerprint density at radius 1 is 1.09 bits per heavy atom. The van der Waals surface area contributed by atoms with Gasteiger partial charge in [-0.15, -0.1) is 0 Å². The maximum absolute atomic E-state index is 12.9. The second-order valence-electron chi connectivity index (χ2n) is 4.51. The Labute approximate surface area is 129 Å². The number of carboxylic acid groups (broad SMARTS) is 1. The minimum Gasteiger partial charge on any atom is -0.475 e. The molecule has 7 nitrogen and oxygen atoms in total. The maximum atomic E-state index is 12.9. The van der Waals surface area contributed by atoms with Gasteiger partial charge in [-0.2, -0.15) is 0 Å². The highest BCUT2D eigenvalue weighted by Crippen LogP contribution is 2.24. The van der Waals surface area contributed by atoms with Gasteiger partial charge in [-0.3, -0.25) is 9.59 Å². The first-order valence-electron chi connectivity index (χ1n) is 6.21. The summed E-state index contributed by atoms with van der Waals surface area (Å²) in [5.41, 5.74) is -0.330. The van der Waals surface area contributed by atoms with Crippen LogP contribution in [0.15, 0.2) is 46.5 Å². The van der Waals surface area contributed by atoms with Crippen LogP contribution in [-0.4, -0.2) is 36.0 Å². The van der Waals surface area contributed by atoms with E-state index in [1.54, 1.807) is 0 Å². The number of aromatic nitrogens is 1. The van der Waals surface area contributed by atoms with Crippen LogP contribution in [0.4, 0.5) is 4.39 Å². The predicted molar refractivity (Wildman–Crippen MR) is 74.2 cm³/mol. The van der Waals surface area contributed by atoms with Crippen LogP contribution in [0.3, 0.4) is 0 Å². The molecule has 0 bridgehead atoms. The van der Waals surface area contributed by atoms with Gasteiger partial charge in [0.15, 0.2) is 5.78 Å². The van der Waals surface area contributed by atoms with Crippen LogP contribution in [0.25, 0.3) is 0 Å². The third-order valence-electron chi connectivity index (χ3n) is 2.96. The molecule has 1 heterocycles. The van der Waals surface area contributed by atoms with Crippen LogP contribution in [0, 0.1) is 5.82 Å². The molecule has 0 amide bonds. The third kappa shape index (κ3) is 3.34. The van der Waals surface area contributed by atoms with Crippen molar-refractivity contribution in [2.45, 2.75) is 16.3 Å². The number of sulfone groups is 1. The molecule has 0 aliphatic rings. The molecule has 0 aliphatic heterocycles. The summed E-state index contributed by atoms with van der Waals surface area (Å²) in [5, 5.41) is 8.02. The molecule has 0 saturated heterocycles. The maximum Gasteiger partial charge on any atom is 0.372 e. The van der Waals surface area contributed by atoms with Crippen LogP contribution in [-0.2, 0) is 19.4 Å².